The lowest BCUT2D eigenvalue weighted by molar-refractivity contribution is 0.198. The molecule has 3 rings (SSSR count). The Labute approximate surface area is 131 Å². The highest BCUT2D eigenvalue weighted by Gasteiger charge is 2.23. The summed E-state index contributed by atoms with van der Waals surface area (Å²) in [6.07, 6.45) is 4.13. The lowest BCUT2D eigenvalue weighted by Gasteiger charge is -2.32. The Morgan fingerprint density at radius 2 is 2.09 bits per heavy atom. The zero-order valence-electron chi connectivity index (χ0n) is 13.5. The van der Waals surface area contributed by atoms with E-state index in [0.717, 1.165) is 44.0 Å². The number of aliphatic hydroxyl groups excluding tert-OH is 1. The van der Waals surface area contributed by atoms with Crippen LogP contribution in [0.2, 0.25) is 0 Å². The van der Waals surface area contributed by atoms with Crippen LogP contribution in [-0.2, 0) is 13.1 Å². The second kappa shape index (κ2) is 6.67. The maximum Gasteiger partial charge on any atom is 0.105 e. The Hall–Kier alpha value is -1.59. The van der Waals surface area contributed by atoms with E-state index in [9.17, 15) is 0 Å². The fourth-order valence-electron chi connectivity index (χ4n) is 3.44. The van der Waals surface area contributed by atoms with Gasteiger partial charge in [-0.25, -0.2) is 0 Å². The average molecular weight is 303 g/mol. The molecule has 0 amide bonds. The van der Waals surface area contributed by atoms with Gasteiger partial charge in [0.15, 0.2) is 0 Å². The van der Waals surface area contributed by atoms with Crippen LogP contribution in [0.1, 0.15) is 41.5 Å². The summed E-state index contributed by atoms with van der Waals surface area (Å²) in [4.78, 5) is 2.50. The van der Waals surface area contributed by atoms with E-state index in [1.165, 1.54) is 11.3 Å². The van der Waals surface area contributed by atoms with Gasteiger partial charge in [0.1, 0.15) is 11.5 Å². The molecule has 2 aromatic heterocycles. The van der Waals surface area contributed by atoms with E-state index in [2.05, 4.69) is 22.1 Å². The molecule has 1 aliphatic rings. The Morgan fingerprint density at radius 1 is 1.32 bits per heavy atom. The van der Waals surface area contributed by atoms with E-state index in [-0.39, 0.29) is 6.61 Å². The quantitative estimate of drug-likeness (QED) is 0.922. The molecule has 3 heterocycles. The highest BCUT2D eigenvalue weighted by Crippen LogP contribution is 2.29. The van der Waals surface area contributed by atoms with E-state index in [1.807, 2.05) is 24.7 Å². The van der Waals surface area contributed by atoms with Gasteiger partial charge in [-0.05, 0) is 51.9 Å². The van der Waals surface area contributed by atoms with Crippen molar-refractivity contribution < 1.29 is 9.52 Å². The van der Waals surface area contributed by atoms with Crippen LogP contribution in [0.4, 0.5) is 0 Å². The topological polar surface area (TPSA) is 54.4 Å². The van der Waals surface area contributed by atoms with Gasteiger partial charge < -0.3 is 9.52 Å². The van der Waals surface area contributed by atoms with Crippen molar-refractivity contribution in [2.75, 3.05) is 19.7 Å². The first-order valence-electron chi connectivity index (χ1n) is 8.08. The standard InChI is InChI=1S/C17H25N3O2/c1-13-11-16(14(2)22-13)12-19-7-4-15(5-8-19)17-3-6-18-20(17)9-10-21/h3,6,11,15,21H,4-5,7-10,12H2,1-2H3. The Bertz CT molecular complexity index is 609. The van der Waals surface area contributed by atoms with Gasteiger partial charge in [-0.1, -0.05) is 0 Å². The largest absolute Gasteiger partial charge is 0.466 e. The van der Waals surface area contributed by atoms with Crippen molar-refractivity contribution in [3.63, 3.8) is 0 Å². The van der Waals surface area contributed by atoms with E-state index in [1.54, 1.807) is 0 Å². The molecule has 5 nitrogen and oxygen atoms in total. The molecule has 0 aliphatic carbocycles. The summed E-state index contributed by atoms with van der Waals surface area (Å²) in [5.74, 6) is 2.59. The minimum absolute atomic E-state index is 0.145. The number of nitrogens with zero attached hydrogens (tertiary/aromatic N) is 3. The van der Waals surface area contributed by atoms with E-state index in [0.29, 0.717) is 12.5 Å². The van der Waals surface area contributed by atoms with Crippen LogP contribution in [0.25, 0.3) is 0 Å². The molecule has 1 fully saturated rings. The molecule has 1 saturated heterocycles. The predicted molar refractivity (Wildman–Crippen MR) is 84.7 cm³/mol. The molecule has 0 spiro atoms. The number of hydrogen-bond acceptors (Lipinski definition) is 4. The molecule has 5 heteroatoms. The van der Waals surface area contributed by atoms with E-state index in [4.69, 9.17) is 9.52 Å². The van der Waals surface area contributed by atoms with Gasteiger partial charge in [0.25, 0.3) is 0 Å². The number of piperidine rings is 1. The molecule has 0 bridgehead atoms. The maximum atomic E-state index is 9.12. The number of aryl methyl sites for hydroxylation is 2. The van der Waals surface area contributed by atoms with Crippen LogP contribution in [0.3, 0.4) is 0 Å². The number of aromatic nitrogens is 2. The molecule has 1 aliphatic heterocycles. The Balaban J connectivity index is 1.58. The molecule has 1 N–H and O–H groups in total. The van der Waals surface area contributed by atoms with Gasteiger partial charge in [-0.2, -0.15) is 5.10 Å². The van der Waals surface area contributed by atoms with Crippen molar-refractivity contribution in [1.29, 1.82) is 0 Å². The number of furan rings is 1. The summed E-state index contributed by atoms with van der Waals surface area (Å²) >= 11 is 0. The predicted octanol–water partition coefficient (Wildman–Crippen LogP) is 2.46. The minimum atomic E-state index is 0.145. The summed E-state index contributed by atoms with van der Waals surface area (Å²) in [5, 5.41) is 13.4. The summed E-state index contributed by atoms with van der Waals surface area (Å²) in [6, 6.07) is 4.25. The lowest BCUT2D eigenvalue weighted by Crippen LogP contribution is -2.33. The second-order valence-corrected chi connectivity index (χ2v) is 6.19. The molecule has 0 atom stereocenters. The van der Waals surface area contributed by atoms with E-state index < -0.39 is 0 Å². The monoisotopic (exact) mass is 303 g/mol. The number of likely N-dealkylation sites (tertiary alicyclic amines) is 1. The third-order valence-corrected chi connectivity index (χ3v) is 4.60. The van der Waals surface area contributed by atoms with Gasteiger partial charge in [-0.3, -0.25) is 9.58 Å². The summed E-state index contributed by atoms with van der Waals surface area (Å²) in [5.41, 5.74) is 2.57. The minimum Gasteiger partial charge on any atom is -0.466 e. The van der Waals surface area contributed by atoms with Crippen LogP contribution in [0, 0.1) is 13.8 Å². The number of rotatable bonds is 5. The zero-order chi connectivity index (χ0) is 15.5. The lowest BCUT2D eigenvalue weighted by atomic mass is 9.93. The average Bonchev–Trinajstić information content (AvgIpc) is 3.07. The van der Waals surface area contributed by atoms with E-state index >= 15 is 0 Å². The van der Waals surface area contributed by atoms with Crippen molar-refractivity contribution in [3.8, 4) is 0 Å². The third-order valence-electron chi connectivity index (χ3n) is 4.60. The van der Waals surface area contributed by atoms with Crippen LogP contribution in [-0.4, -0.2) is 39.5 Å². The first-order valence-corrected chi connectivity index (χ1v) is 8.08. The molecule has 0 unspecified atom stereocenters. The fraction of sp³-hybridized carbons (Fsp3) is 0.588. The summed E-state index contributed by atoms with van der Waals surface area (Å²) < 4.78 is 7.57. The number of hydrogen-bond donors (Lipinski definition) is 1. The zero-order valence-corrected chi connectivity index (χ0v) is 13.5. The van der Waals surface area contributed by atoms with Gasteiger partial charge in [0.05, 0.1) is 13.2 Å². The van der Waals surface area contributed by atoms with Crippen LogP contribution < -0.4 is 0 Å². The molecule has 0 radical (unpaired) electrons. The Kier molecular flexibility index (Phi) is 4.64. The van der Waals surface area contributed by atoms with Crippen molar-refractivity contribution in [2.24, 2.45) is 0 Å². The van der Waals surface area contributed by atoms with Crippen molar-refractivity contribution in [2.45, 2.75) is 45.7 Å². The van der Waals surface area contributed by atoms with Gasteiger partial charge in [0, 0.05) is 29.9 Å². The van der Waals surface area contributed by atoms with Crippen LogP contribution in [0.5, 0.6) is 0 Å². The van der Waals surface area contributed by atoms with Crippen molar-refractivity contribution in [1.82, 2.24) is 14.7 Å². The molecule has 0 saturated carbocycles. The molecule has 0 aromatic carbocycles. The van der Waals surface area contributed by atoms with Gasteiger partial charge >= 0.3 is 0 Å². The second-order valence-electron chi connectivity index (χ2n) is 6.19. The third kappa shape index (κ3) is 3.25. The van der Waals surface area contributed by atoms with Crippen LogP contribution >= 0.6 is 0 Å². The molecule has 2 aromatic rings. The summed E-state index contributed by atoms with van der Waals surface area (Å²) in [7, 11) is 0. The van der Waals surface area contributed by atoms with Crippen molar-refractivity contribution in [3.05, 3.63) is 41.1 Å². The normalized spacial score (nSPS) is 17.2. The van der Waals surface area contributed by atoms with Gasteiger partial charge in [0.2, 0.25) is 0 Å². The van der Waals surface area contributed by atoms with Crippen LogP contribution in [0.15, 0.2) is 22.7 Å². The molecular formula is C17H25N3O2. The SMILES string of the molecule is Cc1cc(CN2CCC(c3ccnn3CCO)CC2)c(C)o1. The summed E-state index contributed by atoms with van der Waals surface area (Å²) in [6.45, 7) is 7.96. The molecule has 22 heavy (non-hydrogen) atoms. The first-order chi connectivity index (χ1) is 10.7. The highest BCUT2D eigenvalue weighted by atomic mass is 16.3. The number of aliphatic hydroxyl groups is 1. The van der Waals surface area contributed by atoms with Gasteiger partial charge in [-0.15, -0.1) is 0 Å². The molecular weight excluding hydrogens is 278 g/mol. The smallest absolute Gasteiger partial charge is 0.105 e. The first kappa shape index (κ1) is 15.3. The molecule has 120 valence electrons. The Morgan fingerprint density at radius 3 is 2.73 bits per heavy atom. The fourth-order valence-corrected chi connectivity index (χ4v) is 3.44. The van der Waals surface area contributed by atoms with Crippen molar-refractivity contribution >= 4 is 0 Å². The highest BCUT2D eigenvalue weighted by molar-refractivity contribution is 5.20. The maximum absolute atomic E-state index is 9.12.